The molecule has 2 fully saturated rings. The molecule has 1 aliphatic heterocycles. The summed E-state index contributed by atoms with van der Waals surface area (Å²) in [5.41, 5.74) is 0.954. The number of hydrogen-bond donors (Lipinski definition) is 1. The number of amides is 1. The molecule has 1 heterocycles. The fraction of sp³-hybridized carbons (Fsp3) is 0.500. The number of quaternary nitrogens is 1. The van der Waals surface area contributed by atoms with Gasteiger partial charge in [0.1, 0.15) is 12.4 Å². The van der Waals surface area contributed by atoms with E-state index >= 15 is 0 Å². The molecular weight excluding hydrogens is 335 g/mol. The van der Waals surface area contributed by atoms with Crippen molar-refractivity contribution in [3.05, 3.63) is 47.8 Å². The van der Waals surface area contributed by atoms with Gasteiger partial charge in [-0.1, -0.05) is 24.3 Å². The van der Waals surface area contributed by atoms with Gasteiger partial charge in [-0.05, 0) is 30.4 Å². The zero-order valence-corrected chi connectivity index (χ0v) is 14.6. The van der Waals surface area contributed by atoms with Gasteiger partial charge >= 0.3 is 0 Å². The third-order valence-electron chi connectivity index (χ3n) is 6.14. The van der Waals surface area contributed by atoms with Gasteiger partial charge < -0.3 is 19.7 Å². The van der Waals surface area contributed by atoms with Crippen LogP contribution in [0.15, 0.2) is 36.4 Å². The highest BCUT2D eigenvalue weighted by Gasteiger charge is 2.50. The molecule has 0 unspecified atom stereocenters. The first-order valence-corrected chi connectivity index (χ1v) is 9.29. The zero-order chi connectivity index (χ0) is 18.3. The van der Waals surface area contributed by atoms with E-state index in [2.05, 4.69) is 0 Å². The number of nitrogens with one attached hydrogen (secondary N) is 1. The smallest absolute Gasteiger partial charge is 0.227 e. The first-order chi connectivity index (χ1) is 12.5. The first-order valence-electron chi connectivity index (χ1n) is 9.29. The molecule has 0 aromatic heterocycles. The van der Waals surface area contributed by atoms with Crippen molar-refractivity contribution in [1.29, 1.82) is 0 Å². The van der Waals surface area contributed by atoms with Gasteiger partial charge in [0.25, 0.3) is 0 Å². The molecule has 2 bridgehead atoms. The van der Waals surface area contributed by atoms with Crippen molar-refractivity contribution in [3.63, 3.8) is 0 Å². The molecule has 1 saturated carbocycles. The van der Waals surface area contributed by atoms with Gasteiger partial charge in [0.2, 0.25) is 5.91 Å². The second-order valence-electron chi connectivity index (χ2n) is 7.70. The van der Waals surface area contributed by atoms with Crippen molar-refractivity contribution in [2.75, 3.05) is 26.2 Å². The SMILES string of the molecule is O=C([O-])[C@@H]1[C@@H](C(=O)N2CC[NH+](Cc3cccc(F)c3)CC2)[C@@H]2C=C[C@H]1C2. The second-order valence-corrected chi connectivity index (χ2v) is 7.70. The number of rotatable bonds is 4. The Balaban J connectivity index is 1.36. The van der Waals surface area contributed by atoms with Gasteiger partial charge in [0, 0.05) is 17.5 Å². The number of carboxylic acids is 1. The van der Waals surface area contributed by atoms with Gasteiger partial charge in [-0.3, -0.25) is 4.79 Å². The summed E-state index contributed by atoms with van der Waals surface area (Å²) >= 11 is 0. The Morgan fingerprint density at radius 2 is 1.85 bits per heavy atom. The monoisotopic (exact) mass is 358 g/mol. The Labute approximate surface area is 152 Å². The molecule has 1 saturated heterocycles. The molecule has 1 aromatic carbocycles. The van der Waals surface area contributed by atoms with Crippen molar-refractivity contribution in [2.45, 2.75) is 13.0 Å². The summed E-state index contributed by atoms with van der Waals surface area (Å²) in [4.78, 5) is 27.6. The van der Waals surface area contributed by atoms with E-state index in [-0.39, 0.29) is 23.6 Å². The normalized spacial score (nSPS) is 30.7. The topological polar surface area (TPSA) is 64.9 Å². The number of aliphatic carboxylic acids is 1. The van der Waals surface area contributed by atoms with Crippen molar-refractivity contribution in [2.24, 2.45) is 23.7 Å². The maximum Gasteiger partial charge on any atom is 0.227 e. The lowest BCUT2D eigenvalue weighted by molar-refractivity contribution is -0.917. The summed E-state index contributed by atoms with van der Waals surface area (Å²) in [5, 5.41) is 11.5. The molecular formula is C20H23FN2O3. The molecule has 1 aromatic rings. The summed E-state index contributed by atoms with van der Waals surface area (Å²) in [7, 11) is 0. The van der Waals surface area contributed by atoms with Gasteiger partial charge in [-0.2, -0.15) is 0 Å². The van der Waals surface area contributed by atoms with Gasteiger partial charge in [0.05, 0.1) is 32.1 Å². The number of benzene rings is 1. The average molecular weight is 358 g/mol. The maximum absolute atomic E-state index is 13.3. The van der Waals surface area contributed by atoms with Crippen LogP contribution < -0.4 is 10.0 Å². The summed E-state index contributed by atoms with van der Waals surface area (Å²) in [5.74, 6) is -2.55. The highest BCUT2D eigenvalue weighted by atomic mass is 19.1. The maximum atomic E-state index is 13.3. The van der Waals surface area contributed by atoms with Crippen molar-refractivity contribution in [1.82, 2.24) is 4.90 Å². The number of carbonyl (C=O) groups excluding carboxylic acids is 2. The highest BCUT2D eigenvalue weighted by molar-refractivity contribution is 5.86. The minimum absolute atomic E-state index is 0.0353. The number of carbonyl (C=O) groups is 2. The number of hydrogen-bond acceptors (Lipinski definition) is 3. The first kappa shape index (κ1) is 17.2. The minimum atomic E-state index is -1.10. The number of fused-ring (bicyclic) bond motifs is 2. The van der Waals surface area contributed by atoms with E-state index < -0.39 is 17.8 Å². The predicted molar refractivity (Wildman–Crippen MR) is 90.1 cm³/mol. The van der Waals surface area contributed by atoms with Crippen LogP contribution in [0, 0.1) is 29.5 Å². The van der Waals surface area contributed by atoms with E-state index in [9.17, 15) is 19.1 Å². The van der Waals surface area contributed by atoms with E-state index in [4.69, 9.17) is 0 Å². The lowest BCUT2D eigenvalue weighted by atomic mass is 9.82. The minimum Gasteiger partial charge on any atom is -0.550 e. The van der Waals surface area contributed by atoms with Crippen LogP contribution in [0.25, 0.3) is 0 Å². The lowest BCUT2D eigenvalue weighted by Gasteiger charge is -2.37. The quantitative estimate of drug-likeness (QED) is 0.720. The third-order valence-corrected chi connectivity index (χ3v) is 6.14. The summed E-state index contributed by atoms with van der Waals surface area (Å²) in [6.07, 6.45) is 4.67. The van der Waals surface area contributed by atoms with Gasteiger partial charge in [-0.25, -0.2) is 4.39 Å². The van der Waals surface area contributed by atoms with Crippen LogP contribution in [-0.4, -0.2) is 43.0 Å². The Hall–Kier alpha value is -2.21. The Morgan fingerprint density at radius 3 is 2.50 bits per heavy atom. The number of carboxylic acid groups (broad SMARTS) is 1. The summed E-state index contributed by atoms with van der Waals surface area (Å²) < 4.78 is 13.3. The second kappa shape index (κ2) is 6.83. The molecule has 26 heavy (non-hydrogen) atoms. The summed E-state index contributed by atoms with van der Waals surface area (Å²) in [6.45, 7) is 3.53. The van der Waals surface area contributed by atoms with Gasteiger partial charge in [-0.15, -0.1) is 0 Å². The van der Waals surface area contributed by atoms with Crippen LogP contribution in [0.3, 0.4) is 0 Å². The van der Waals surface area contributed by atoms with E-state index in [1.165, 1.54) is 11.0 Å². The standard InChI is InChI=1S/C20H23FN2O3/c21-16-3-1-2-13(10-16)12-22-6-8-23(9-7-22)19(24)17-14-4-5-15(11-14)18(17)20(25)26/h1-5,10,14-15,17-18H,6-9,11-12H2,(H,25,26)/t14-,15+,17+,18+/m1/s1. The van der Waals surface area contributed by atoms with Crippen molar-refractivity contribution in [3.8, 4) is 0 Å². The fourth-order valence-corrected chi connectivity index (χ4v) is 4.85. The Kier molecular flexibility index (Phi) is 4.53. The van der Waals surface area contributed by atoms with Crippen LogP contribution in [0.2, 0.25) is 0 Å². The Bertz CT molecular complexity index is 742. The molecule has 0 spiro atoms. The number of piperazine rings is 1. The number of nitrogens with zero attached hydrogens (tertiary/aromatic N) is 1. The highest BCUT2D eigenvalue weighted by Crippen LogP contribution is 2.48. The van der Waals surface area contributed by atoms with Crippen LogP contribution in [0.1, 0.15) is 12.0 Å². The number of allylic oxidation sites excluding steroid dienone is 2. The molecule has 138 valence electrons. The van der Waals surface area contributed by atoms with E-state index in [1.807, 2.05) is 23.1 Å². The zero-order valence-electron chi connectivity index (χ0n) is 14.6. The molecule has 3 aliphatic rings. The molecule has 4 atom stereocenters. The average Bonchev–Trinajstić information content (AvgIpc) is 3.23. The van der Waals surface area contributed by atoms with Crippen LogP contribution in [-0.2, 0) is 16.1 Å². The summed E-state index contributed by atoms with van der Waals surface area (Å²) in [6, 6.07) is 6.62. The Morgan fingerprint density at radius 1 is 1.15 bits per heavy atom. The lowest BCUT2D eigenvalue weighted by Crippen LogP contribution is -3.13. The van der Waals surface area contributed by atoms with Crippen LogP contribution >= 0.6 is 0 Å². The molecule has 1 N–H and O–H groups in total. The molecule has 1 amide bonds. The number of halogens is 1. The van der Waals surface area contributed by atoms with Crippen molar-refractivity contribution < 1.29 is 24.0 Å². The van der Waals surface area contributed by atoms with Crippen molar-refractivity contribution >= 4 is 11.9 Å². The van der Waals surface area contributed by atoms with Gasteiger partial charge in [0.15, 0.2) is 0 Å². The molecule has 4 rings (SSSR count). The van der Waals surface area contributed by atoms with E-state index in [1.54, 1.807) is 12.1 Å². The molecule has 0 radical (unpaired) electrons. The predicted octanol–water partition coefficient (Wildman–Crippen LogP) is -0.759. The largest absolute Gasteiger partial charge is 0.550 e. The molecule has 6 heteroatoms. The fourth-order valence-electron chi connectivity index (χ4n) is 4.85. The molecule has 5 nitrogen and oxygen atoms in total. The third kappa shape index (κ3) is 3.14. The van der Waals surface area contributed by atoms with E-state index in [0.29, 0.717) is 13.1 Å². The van der Waals surface area contributed by atoms with Crippen LogP contribution in [0.4, 0.5) is 4.39 Å². The molecule has 2 aliphatic carbocycles. The van der Waals surface area contributed by atoms with Crippen LogP contribution in [0.5, 0.6) is 0 Å². The van der Waals surface area contributed by atoms with E-state index in [0.717, 1.165) is 31.6 Å².